The lowest BCUT2D eigenvalue weighted by Gasteiger charge is -2.23. The third-order valence-corrected chi connectivity index (χ3v) is 3.12. The van der Waals surface area contributed by atoms with Gasteiger partial charge in [0.25, 0.3) is 0 Å². The van der Waals surface area contributed by atoms with Gasteiger partial charge in [-0.1, -0.05) is 13.8 Å². The zero-order valence-electron chi connectivity index (χ0n) is 13.0. The summed E-state index contributed by atoms with van der Waals surface area (Å²) in [6, 6.07) is 0. The van der Waals surface area contributed by atoms with Crippen LogP contribution in [0.25, 0.3) is 0 Å². The lowest BCUT2D eigenvalue weighted by molar-refractivity contribution is -0.132. The predicted octanol–water partition coefficient (Wildman–Crippen LogP) is 3.56. The van der Waals surface area contributed by atoms with Crippen molar-refractivity contribution in [3.63, 3.8) is 0 Å². The third-order valence-electron chi connectivity index (χ3n) is 3.12. The van der Waals surface area contributed by atoms with Crippen molar-refractivity contribution in [2.45, 2.75) is 46.2 Å². The number of rotatable bonds is 7. The molecule has 1 aromatic rings. The van der Waals surface area contributed by atoms with Gasteiger partial charge in [-0.15, -0.1) is 0 Å². The summed E-state index contributed by atoms with van der Waals surface area (Å²) in [5, 5.41) is 3.20. The van der Waals surface area contributed by atoms with E-state index in [2.05, 4.69) is 15.3 Å². The van der Waals surface area contributed by atoms with Gasteiger partial charge in [-0.05, 0) is 13.3 Å². The van der Waals surface area contributed by atoms with Crippen LogP contribution < -0.4 is 10.2 Å². The van der Waals surface area contributed by atoms with Gasteiger partial charge in [0.15, 0.2) is 0 Å². The molecule has 0 saturated heterocycles. The molecule has 0 aliphatic carbocycles. The minimum Gasteiger partial charge on any atom is -0.370 e. The lowest BCUT2D eigenvalue weighted by atomic mass is 10.2. The average molecular weight is 304 g/mol. The fourth-order valence-electron chi connectivity index (χ4n) is 1.90. The highest BCUT2D eigenvalue weighted by Gasteiger charge is 2.28. The van der Waals surface area contributed by atoms with Gasteiger partial charge in [-0.3, -0.25) is 0 Å². The van der Waals surface area contributed by atoms with E-state index >= 15 is 0 Å². The van der Waals surface area contributed by atoms with Crippen molar-refractivity contribution >= 4 is 11.6 Å². The molecule has 0 saturated carbocycles. The number of anilines is 2. The van der Waals surface area contributed by atoms with Crippen LogP contribution in [0.4, 0.5) is 24.8 Å². The number of aryl methyl sites for hydroxylation is 1. The Morgan fingerprint density at radius 2 is 1.86 bits per heavy atom. The van der Waals surface area contributed by atoms with Crippen molar-refractivity contribution in [3.8, 4) is 0 Å². The Morgan fingerprint density at radius 1 is 1.19 bits per heavy atom. The summed E-state index contributed by atoms with van der Waals surface area (Å²) >= 11 is 0. The van der Waals surface area contributed by atoms with E-state index in [0.717, 1.165) is 18.5 Å². The first-order valence-electron chi connectivity index (χ1n) is 7.17. The first-order chi connectivity index (χ1) is 9.78. The molecule has 0 spiro atoms. The second-order valence-corrected chi connectivity index (χ2v) is 5.00. The maximum atomic E-state index is 12.4. The highest BCUT2D eigenvalue weighted by molar-refractivity contribution is 5.58. The van der Waals surface area contributed by atoms with E-state index in [0.29, 0.717) is 23.9 Å². The zero-order valence-corrected chi connectivity index (χ0v) is 13.0. The van der Waals surface area contributed by atoms with Gasteiger partial charge in [0.1, 0.15) is 17.5 Å². The maximum Gasteiger partial charge on any atom is 0.390 e. The Labute approximate surface area is 123 Å². The lowest BCUT2D eigenvalue weighted by Crippen LogP contribution is -2.26. The van der Waals surface area contributed by atoms with Crippen molar-refractivity contribution < 1.29 is 13.2 Å². The van der Waals surface area contributed by atoms with Gasteiger partial charge >= 0.3 is 6.18 Å². The summed E-state index contributed by atoms with van der Waals surface area (Å²) in [6.07, 6.45) is -3.43. The molecule has 0 bridgehead atoms. The Bertz CT molecular complexity index is 460. The topological polar surface area (TPSA) is 41.1 Å². The van der Waals surface area contributed by atoms with Crippen LogP contribution in [0.2, 0.25) is 0 Å². The maximum absolute atomic E-state index is 12.4. The second-order valence-electron chi connectivity index (χ2n) is 5.00. The zero-order chi connectivity index (χ0) is 16.0. The molecule has 1 aromatic heterocycles. The van der Waals surface area contributed by atoms with Crippen LogP contribution in [0.15, 0.2) is 0 Å². The smallest absolute Gasteiger partial charge is 0.370 e. The molecule has 1 rings (SSSR count). The molecule has 0 aliphatic rings. The minimum atomic E-state index is -4.16. The molecule has 0 unspecified atom stereocenters. The molecular weight excluding hydrogens is 281 g/mol. The summed E-state index contributed by atoms with van der Waals surface area (Å²) in [5.41, 5.74) is 0.783. The molecule has 1 N–H and O–H groups in total. The fraction of sp³-hybridized carbons (Fsp3) is 0.714. The quantitative estimate of drug-likeness (QED) is 0.836. The Kier molecular flexibility index (Phi) is 6.23. The Balaban J connectivity index is 2.98. The molecule has 0 radical (unpaired) electrons. The number of nitrogens with one attached hydrogen (secondary N) is 1. The molecular formula is C14H23F3N4. The molecule has 7 heteroatoms. The van der Waals surface area contributed by atoms with Crippen molar-refractivity contribution in [3.05, 3.63) is 11.4 Å². The van der Waals surface area contributed by atoms with Crippen LogP contribution >= 0.6 is 0 Å². The van der Waals surface area contributed by atoms with Crippen molar-refractivity contribution in [1.29, 1.82) is 0 Å². The normalized spacial score (nSPS) is 11.6. The molecule has 21 heavy (non-hydrogen) atoms. The van der Waals surface area contributed by atoms with Crippen LogP contribution in [-0.4, -0.2) is 36.3 Å². The summed E-state index contributed by atoms with van der Waals surface area (Å²) in [4.78, 5) is 10.3. The molecule has 4 nitrogen and oxygen atoms in total. The molecule has 0 fully saturated rings. The average Bonchev–Trinajstić information content (AvgIpc) is 2.42. The third kappa shape index (κ3) is 5.40. The minimum absolute atomic E-state index is 0.113. The van der Waals surface area contributed by atoms with Crippen molar-refractivity contribution in [2.24, 2.45) is 0 Å². The van der Waals surface area contributed by atoms with Crippen molar-refractivity contribution in [2.75, 3.05) is 30.4 Å². The summed E-state index contributed by atoms with van der Waals surface area (Å²) in [7, 11) is 1.63. The first-order valence-corrected chi connectivity index (χ1v) is 7.17. The van der Waals surface area contributed by atoms with Gasteiger partial charge < -0.3 is 10.2 Å². The SMILES string of the molecule is CCCNc1nc(CC)nc(N(C)CCC(F)(F)F)c1C. The van der Waals surface area contributed by atoms with Crippen LogP contribution in [0.3, 0.4) is 0 Å². The van der Waals surface area contributed by atoms with E-state index in [4.69, 9.17) is 0 Å². The van der Waals surface area contributed by atoms with Crippen LogP contribution in [0.1, 0.15) is 38.1 Å². The summed E-state index contributed by atoms with van der Waals surface area (Å²) in [6.45, 7) is 6.45. The van der Waals surface area contributed by atoms with E-state index < -0.39 is 12.6 Å². The van der Waals surface area contributed by atoms with Crippen LogP contribution in [0.5, 0.6) is 0 Å². The van der Waals surface area contributed by atoms with Gasteiger partial charge in [-0.2, -0.15) is 13.2 Å². The van der Waals surface area contributed by atoms with Gasteiger partial charge in [0.05, 0.1) is 6.42 Å². The number of hydrogen-bond donors (Lipinski definition) is 1. The predicted molar refractivity (Wildman–Crippen MR) is 78.9 cm³/mol. The Hall–Kier alpha value is -1.53. The molecule has 1 heterocycles. The molecule has 0 aliphatic heterocycles. The van der Waals surface area contributed by atoms with Crippen LogP contribution in [-0.2, 0) is 6.42 Å². The molecule has 0 amide bonds. The number of alkyl halides is 3. The van der Waals surface area contributed by atoms with Gasteiger partial charge in [-0.25, -0.2) is 9.97 Å². The van der Waals surface area contributed by atoms with Crippen LogP contribution in [0, 0.1) is 6.92 Å². The second kappa shape index (κ2) is 7.47. The first kappa shape index (κ1) is 17.5. The molecule has 0 aromatic carbocycles. The van der Waals surface area contributed by atoms with Gasteiger partial charge in [0.2, 0.25) is 0 Å². The summed E-state index contributed by atoms with van der Waals surface area (Å²) < 4.78 is 37.1. The number of halogens is 3. The number of hydrogen-bond acceptors (Lipinski definition) is 4. The molecule has 0 atom stereocenters. The van der Waals surface area contributed by atoms with Crippen molar-refractivity contribution in [1.82, 2.24) is 9.97 Å². The number of aromatic nitrogens is 2. The number of nitrogens with zero attached hydrogens (tertiary/aromatic N) is 3. The highest BCUT2D eigenvalue weighted by Crippen LogP contribution is 2.25. The van der Waals surface area contributed by atoms with Gasteiger partial charge in [0, 0.05) is 32.1 Å². The van der Waals surface area contributed by atoms with E-state index in [1.54, 1.807) is 11.9 Å². The summed E-state index contributed by atoms with van der Waals surface area (Å²) in [5.74, 6) is 1.90. The fourth-order valence-corrected chi connectivity index (χ4v) is 1.90. The highest BCUT2D eigenvalue weighted by atomic mass is 19.4. The monoisotopic (exact) mass is 304 g/mol. The largest absolute Gasteiger partial charge is 0.390 e. The molecule has 120 valence electrons. The van der Waals surface area contributed by atoms with E-state index in [1.165, 1.54) is 0 Å². The Morgan fingerprint density at radius 3 is 2.38 bits per heavy atom. The standard InChI is InChI=1S/C14H23F3N4/c1-5-8-18-12-10(3)13(20-11(6-2)19-12)21(4)9-7-14(15,16)17/h5-9H2,1-4H3,(H,18,19,20). The van der Waals surface area contributed by atoms with E-state index in [-0.39, 0.29) is 6.54 Å². The van der Waals surface area contributed by atoms with E-state index in [9.17, 15) is 13.2 Å². The van der Waals surface area contributed by atoms with E-state index in [1.807, 2.05) is 20.8 Å².